The summed E-state index contributed by atoms with van der Waals surface area (Å²) >= 11 is 5.96. The molecule has 0 aliphatic heterocycles. The molecule has 0 aliphatic rings. The predicted octanol–water partition coefficient (Wildman–Crippen LogP) is 3.54. The van der Waals surface area contributed by atoms with Crippen LogP contribution < -0.4 is 5.32 Å². The van der Waals surface area contributed by atoms with E-state index in [2.05, 4.69) is 18.3 Å². The highest BCUT2D eigenvalue weighted by Crippen LogP contribution is 2.17. The Kier molecular flexibility index (Phi) is 7.25. The van der Waals surface area contributed by atoms with E-state index in [9.17, 15) is 0 Å². The van der Waals surface area contributed by atoms with Crippen molar-refractivity contribution in [3.8, 4) is 0 Å². The zero-order valence-electron chi connectivity index (χ0n) is 10.5. The fourth-order valence-corrected chi connectivity index (χ4v) is 2.00. The van der Waals surface area contributed by atoms with Gasteiger partial charge in [-0.1, -0.05) is 36.6 Å². The molecule has 1 aromatic carbocycles. The standard InChI is InChI=1S/C14H22ClNO/c1-12(13-7-6-8-14(15)11-13)16-9-4-2-3-5-10-17/h6-8,11-12,16-17H,2-5,9-10H2,1H3/t12-/m1/s1. The van der Waals surface area contributed by atoms with Gasteiger partial charge in [-0.25, -0.2) is 0 Å². The van der Waals surface area contributed by atoms with Crippen LogP contribution >= 0.6 is 11.6 Å². The fraction of sp³-hybridized carbons (Fsp3) is 0.571. The van der Waals surface area contributed by atoms with Crippen molar-refractivity contribution in [3.05, 3.63) is 34.9 Å². The number of hydrogen-bond donors (Lipinski definition) is 2. The van der Waals surface area contributed by atoms with Crippen LogP contribution in [0.5, 0.6) is 0 Å². The quantitative estimate of drug-likeness (QED) is 0.697. The Balaban J connectivity index is 2.19. The molecule has 0 fully saturated rings. The first kappa shape index (κ1) is 14.5. The summed E-state index contributed by atoms with van der Waals surface area (Å²) in [7, 11) is 0. The van der Waals surface area contributed by atoms with Crippen LogP contribution in [0.1, 0.15) is 44.2 Å². The number of hydrogen-bond acceptors (Lipinski definition) is 2. The van der Waals surface area contributed by atoms with Crippen molar-refractivity contribution in [2.45, 2.75) is 38.6 Å². The molecule has 1 atom stereocenters. The molecule has 0 saturated heterocycles. The average molecular weight is 256 g/mol. The van der Waals surface area contributed by atoms with Crippen molar-refractivity contribution >= 4 is 11.6 Å². The lowest BCUT2D eigenvalue weighted by Crippen LogP contribution is -2.19. The smallest absolute Gasteiger partial charge is 0.0431 e. The summed E-state index contributed by atoms with van der Waals surface area (Å²) < 4.78 is 0. The Morgan fingerprint density at radius 2 is 2.00 bits per heavy atom. The second kappa shape index (κ2) is 8.51. The molecular formula is C14H22ClNO. The van der Waals surface area contributed by atoms with Crippen LogP contribution in [-0.4, -0.2) is 18.3 Å². The van der Waals surface area contributed by atoms with Crippen molar-refractivity contribution in [3.63, 3.8) is 0 Å². The molecule has 2 N–H and O–H groups in total. The molecule has 0 saturated carbocycles. The van der Waals surface area contributed by atoms with Crippen LogP contribution in [0.2, 0.25) is 5.02 Å². The van der Waals surface area contributed by atoms with Crippen LogP contribution in [0.3, 0.4) is 0 Å². The minimum Gasteiger partial charge on any atom is -0.396 e. The van der Waals surface area contributed by atoms with Gasteiger partial charge in [0.25, 0.3) is 0 Å². The van der Waals surface area contributed by atoms with Gasteiger partial charge in [0, 0.05) is 17.7 Å². The molecule has 0 unspecified atom stereocenters. The lowest BCUT2D eigenvalue weighted by atomic mass is 10.1. The summed E-state index contributed by atoms with van der Waals surface area (Å²) in [6.07, 6.45) is 4.37. The molecule has 1 rings (SSSR count). The van der Waals surface area contributed by atoms with E-state index in [1.165, 1.54) is 12.0 Å². The second-order valence-electron chi connectivity index (χ2n) is 4.37. The van der Waals surface area contributed by atoms with Crippen LogP contribution in [0.25, 0.3) is 0 Å². The number of halogens is 1. The van der Waals surface area contributed by atoms with Gasteiger partial charge in [-0.15, -0.1) is 0 Å². The van der Waals surface area contributed by atoms with E-state index in [4.69, 9.17) is 16.7 Å². The third-order valence-electron chi connectivity index (χ3n) is 2.88. The third-order valence-corrected chi connectivity index (χ3v) is 3.12. The Morgan fingerprint density at radius 3 is 2.71 bits per heavy atom. The van der Waals surface area contributed by atoms with Gasteiger partial charge in [-0.2, -0.15) is 0 Å². The van der Waals surface area contributed by atoms with Crippen molar-refractivity contribution in [2.24, 2.45) is 0 Å². The van der Waals surface area contributed by atoms with Crippen LogP contribution in [-0.2, 0) is 0 Å². The minimum absolute atomic E-state index is 0.312. The number of aliphatic hydroxyl groups is 1. The van der Waals surface area contributed by atoms with Gasteiger partial charge in [-0.3, -0.25) is 0 Å². The van der Waals surface area contributed by atoms with E-state index in [1.807, 2.05) is 18.2 Å². The zero-order chi connectivity index (χ0) is 12.5. The summed E-state index contributed by atoms with van der Waals surface area (Å²) in [4.78, 5) is 0. The molecule has 2 nitrogen and oxygen atoms in total. The highest BCUT2D eigenvalue weighted by Gasteiger charge is 2.04. The summed E-state index contributed by atoms with van der Waals surface area (Å²) in [5.74, 6) is 0. The Hall–Kier alpha value is -0.570. The van der Waals surface area contributed by atoms with Gasteiger partial charge < -0.3 is 10.4 Å². The molecule has 0 aromatic heterocycles. The average Bonchev–Trinajstić information content (AvgIpc) is 2.33. The third kappa shape index (κ3) is 6.06. The monoisotopic (exact) mass is 255 g/mol. The Bertz CT molecular complexity index is 317. The van der Waals surface area contributed by atoms with Crippen molar-refractivity contribution < 1.29 is 5.11 Å². The van der Waals surface area contributed by atoms with E-state index >= 15 is 0 Å². The molecule has 17 heavy (non-hydrogen) atoms. The van der Waals surface area contributed by atoms with E-state index < -0.39 is 0 Å². The Labute approximate surface area is 109 Å². The fourth-order valence-electron chi connectivity index (χ4n) is 1.80. The van der Waals surface area contributed by atoms with E-state index in [0.717, 1.165) is 30.8 Å². The first-order valence-electron chi connectivity index (χ1n) is 6.33. The lowest BCUT2D eigenvalue weighted by Gasteiger charge is -2.14. The molecule has 0 aliphatic carbocycles. The van der Waals surface area contributed by atoms with Crippen LogP contribution in [0.15, 0.2) is 24.3 Å². The van der Waals surface area contributed by atoms with Crippen molar-refractivity contribution in [1.82, 2.24) is 5.32 Å². The first-order valence-corrected chi connectivity index (χ1v) is 6.71. The van der Waals surface area contributed by atoms with E-state index in [1.54, 1.807) is 0 Å². The maximum absolute atomic E-state index is 8.66. The summed E-state index contributed by atoms with van der Waals surface area (Å²) in [6, 6.07) is 8.32. The van der Waals surface area contributed by atoms with Gasteiger partial charge in [0.1, 0.15) is 0 Å². The topological polar surface area (TPSA) is 32.3 Å². The van der Waals surface area contributed by atoms with E-state index in [0.29, 0.717) is 12.6 Å². The van der Waals surface area contributed by atoms with Gasteiger partial charge in [0.05, 0.1) is 0 Å². The maximum atomic E-state index is 8.66. The zero-order valence-corrected chi connectivity index (χ0v) is 11.2. The highest BCUT2D eigenvalue weighted by molar-refractivity contribution is 6.30. The molecular weight excluding hydrogens is 234 g/mol. The van der Waals surface area contributed by atoms with Crippen molar-refractivity contribution in [2.75, 3.05) is 13.2 Å². The van der Waals surface area contributed by atoms with Crippen molar-refractivity contribution in [1.29, 1.82) is 0 Å². The van der Waals surface area contributed by atoms with Crippen LogP contribution in [0.4, 0.5) is 0 Å². The number of nitrogens with one attached hydrogen (secondary N) is 1. The van der Waals surface area contributed by atoms with Crippen LogP contribution in [0, 0.1) is 0 Å². The SMILES string of the molecule is C[C@@H](NCCCCCCO)c1cccc(Cl)c1. The summed E-state index contributed by atoms with van der Waals surface area (Å²) in [5.41, 5.74) is 1.23. The van der Waals surface area contributed by atoms with Gasteiger partial charge in [0.2, 0.25) is 0 Å². The number of benzene rings is 1. The molecule has 1 aromatic rings. The molecule has 3 heteroatoms. The molecule has 0 spiro atoms. The van der Waals surface area contributed by atoms with E-state index in [-0.39, 0.29) is 0 Å². The summed E-state index contributed by atoms with van der Waals surface area (Å²) in [6.45, 7) is 3.48. The molecule has 0 bridgehead atoms. The number of aliphatic hydroxyl groups excluding tert-OH is 1. The lowest BCUT2D eigenvalue weighted by molar-refractivity contribution is 0.282. The number of unbranched alkanes of at least 4 members (excludes halogenated alkanes) is 3. The molecule has 96 valence electrons. The highest BCUT2D eigenvalue weighted by atomic mass is 35.5. The molecule has 0 amide bonds. The number of rotatable bonds is 8. The normalized spacial score (nSPS) is 12.6. The maximum Gasteiger partial charge on any atom is 0.0431 e. The summed E-state index contributed by atoms with van der Waals surface area (Å²) in [5, 5.41) is 12.9. The largest absolute Gasteiger partial charge is 0.396 e. The first-order chi connectivity index (χ1) is 8.24. The van der Waals surface area contributed by atoms with Gasteiger partial charge in [0.15, 0.2) is 0 Å². The van der Waals surface area contributed by atoms with Gasteiger partial charge >= 0.3 is 0 Å². The Morgan fingerprint density at radius 1 is 1.24 bits per heavy atom. The predicted molar refractivity (Wildman–Crippen MR) is 73.4 cm³/mol. The second-order valence-corrected chi connectivity index (χ2v) is 4.81. The minimum atomic E-state index is 0.312. The molecule has 0 radical (unpaired) electrons. The van der Waals surface area contributed by atoms with Gasteiger partial charge in [-0.05, 0) is 44.0 Å². The molecule has 0 heterocycles.